The van der Waals surface area contributed by atoms with Crippen LogP contribution in [-0.2, 0) is 0 Å². The van der Waals surface area contributed by atoms with Gasteiger partial charge in [0.25, 0.3) is 5.91 Å². The fraction of sp³-hybridized carbons (Fsp3) is 0.143. The third-order valence-corrected chi connectivity index (χ3v) is 4.08. The lowest BCUT2D eigenvalue weighted by Gasteiger charge is -2.10. The quantitative estimate of drug-likeness (QED) is 0.663. The first-order chi connectivity index (χ1) is 12.9. The zero-order chi connectivity index (χ0) is 19.4. The summed E-state index contributed by atoms with van der Waals surface area (Å²) >= 11 is 0. The molecule has 1 heterocycles. The van der Waals surface area contributed by atoms with Crippen molar-refractivity contribution in [1.82, 2.24) is 9.97 Å². The molecule has 2 N–H and O–H groups in total. The van der Waals surface area contributed by atoms with Crippen LogP contribution in [-0.4, -0.2) is 21.7 Å². The van der Waals surface area contributed by atoms with Crippen LogP contribution in [0.4, 0.5) is 17.3 Å². The lowest BCUT2D eigenvalue weighted by molar-refractivity contribution is 0.101. The van der Waals surface area contributed by atoms with Gasteiger partial charge in [-0.15, -0.1) is 0 Å². The molecule has 136 valence electrons. The molecular weight excluding hydrogens is 340 g/mol. The van der Waals surface area contributed by atoms with Crippen molar-refractivity contribution in [3.63, 3.8) is 0 Å². The second kappa shape index (κ2) is 7.78. The van der Waals surface area contributed by atoms with E-state index in [1.807, 2.05) is 32.0 Å². The third-order valence-electron chi connectivity index (χ3n) is 4.08. The number of anilines is 3. The molecule has 6 nitrogen and oxygen atoms in total. The van der Waals surface area contributed by atoms with Crippen LogP contribution in [0, 0.1) is 13.8 Å². The molecule has 0 aliphatic carbocycles. The molecular formula is C21H20N4O2. The highest BCUT2D eigenvalue weighted by Gasteiger charge is 2.09. The van der Waals surface area contributed by atoms with Gasteiger partial charge in [0.15, 0.2) is 5.78 Å². The molecule has 0 saturated heterocycles. The number of nitrogens with one attached hydrogen (secondary N) is 2. The number of benzene rings is 2. The van der Waals surface area contributed by atoms with E-state index in [0.717, 1.165) is 16.8 Å². The number of aryl methyl sites for hydroxylation is 2. The number of amides is 1. The van der Waals surface area contributed by atoms with Crippen molar-refractivity contribution in [3.8, 4) is 0 Å². The predicted octanol–water partition coefficient (Wildman–Crippen LogP) is 4.29. The molecule has 3 aromatic rings. The van der Waals surface area contributed by atoms with E-state index in [1.54, 1.807) is 24.3 Å². The van der Waals surface area contributed by atoms with E-state index in [-0.39, 0.29) is 11.7 Å². The van der Waals surface area contributed by atoms with Gasteiger partial charge in [-0.2, -0.15) is 0 Å². The van der Waals surface area contributed by atoms with E-state index in [2.05, 4.69) is 20.6 Å². The topological polar surface area (TPSA) is 84.0 Å². The van der Waals surface area contributed by atoms with Crippen molar-refractivity contribution in [3.05, 3.63) is 77.1 Å². The minimum Gasteiger partial charge on any atom is -0.324 e. The summed E-state index contributed by atoms with van der Waals surface area (Å²) < 4.78 is 0. The van der Waals surface area contributed by atoms with Gasteiger partial charge in [0.1, 0.15) is 0 Å². The van der Waals surface area contributed by atoms with Gasteiger partial charge < -0.3 is 10.6 Å². The number of aromatic nitrogens is 2. The number of Topliss-reactive ketones (excluding diaryl/α,β-unsaturated/α-hetero) is 1. The van der Waals surface area contributed by atoms with Crippen LogP contribution in [0.5, 0.6) is 0 Å². The highest BCUT2D eigenvalue weighted by Crippen LogP contribution is 2.19. The fourth-order valence-corrected chi connectivity index (χ4v) is 2.52. The highest BCUT2D eigenvalue weighted by molar-refractivity contribution is 6.04. The van der Waals surface area contributed by atoms with Gasteiger partial charge in [0.05, 0.1) is 5.56 Å². The molecule has 2 aromatic carbocycles. The second-order valence-corrected chi connectivity index (χ2v) is 6.33. The van der Waals surface area contributed by atoms with Crippen molar-refractivity contribution in [1.29, 1.82) is 0 Å². The maximum Gasteiger partial charge on any atom is 0.258 e. The van der Waals surface area contributed by atoms with E-state index in [1.165, 1.54) is 19.3 Å². The number of ketones is 1. The number of carbonyl (C=O) groups excluding carboxylic acids is 2. The fourth-order valence-electron chi connectivity index (χ4n) is 2.52. The minimum absolute atomic E-state index is 0.0590. The molecule has 27 heavy (non-hydrogen) atoms. The van der Waals surface area contributed by atoms with Crippen LogP contribution in [0.3, 0.4) is 0 Å². The van der Waals surface area contributed by atoms with Crippen LogP contribution < -0.4 is 10.6 Å². The monoisotopic (exact) mass is 360 g/mol. The molecule has 3 rings (SSSR count). The molecule has 6 heteroatoms. The van der Waals surface area contributed by atoms with Gasteiger partial charge in [-0.1, -0.05) is 24.3 Å². The Morgan fingerprint density at radius 1 is 0.926 bits per heavy atom. The summed E-state index contributed by atoms with van der Waals surface area (Å²) in [5, 5.41) is 5.91. The van der Waals surface area contributed by atoms with E-state index in [9.17, 15) is 9.59 Å². The Morgan fingerprint density at radius 3 is 2.37 bits per heavy atom. The predicted molar refractivity (Wildman–Crippen MR) is 106 cm³/mol. The molecule has 0 aliphatic heterocycles. The summed E-state index contributed by atoms with van der Waals surface area (Å²) in [5.41, 5.74) is 4.55. The Hall–Kier alpha value is -3.54. The number of hydrogen-bond donors (Lipinski definition) is 2. The van der Waals surface area contributed by atoms with Gasteiger partial charge in [0, 0.05) is 29.3 Å². The standard InChI is InChI=1S/C21H20N4O2/c1-13-7-8-14(2)19(9-13)25-21-22-11-17(12-23-21)20(27)24-18-6-4-5-16(10-18)15(3)26/h4-12H,1-3H3,(H,24,27)(H,22,23,25). The number of nitrogens with zero attached hydrogens (tertiary/aromatic N) is 2. The van der Waals surface area contributed by atoms with Gasteiger partial charge in [-0.05, 0) is 50.1 Å². The summed E-state index contributed by atoms with van der Waals surface area (Å²) in [4.78, 5) is 32.2. The van der Waals surface area contributed by atoms with E-state index >= 15 is 0 Å². The molecule has 0 radical (unpaired) electrons. The molecule has 0 spiro atoms. The highest BCUT2D eigenvalue weighted by atomic mass is 16.1. The number of rotatable bonds is 5. The van der Waals surface area contributed by atoms with Crippen LogP contribution >= 0.6 is 0 Å². The largest absolute Gasteiger partial charge is 0.324 e. The average Bonchev–Trinajstić information content (AvgIpc) is 2.65. The van der Waals surface area contributed by atoms with E-state index in [0.29, 0.717) is 22.8 Å². The lowest BCUT2D eigenvalue weighted by atomic mass is 10.1. The Kier molecular flexibility index (Phi) is 5.26. The van der Waals surface area contributed by atoms with Crippen LogP contribution in [0.15, 0.2) is 54.9 Å². The Labute approximate surface area is 157 Å². The normalized spacial score (nSPS) is 10.3. The molecule has 0 bridgehead atoms. The van der Waals surface area contributed by atoms with E-state index in [4.69, 9.17) is 0 Å². The molecule has 1 aromatic heterocycles. The Balaban J connectivity index is 1.71. The summed E-state index contributed by atoms with van der Waals surface area (Å²) in [6, 6.07) is 12.9. The summed E-state index contributed by atoms with van der Waals surface area (Å²) in [6.45, 7) is 5.50. The summed E-state index contributed by atoms with van der Waals surface area (Å²) in [5.74, 6) is 0.0177. The average molecular weight is 360 g/mol. The minimum atomic E-state index is -0.339. The smallest absolute Gasteiger partial charge is 0.258 e. The van der Waals surface area contributed by atoms with Gasteiger partial charge in [-0.25, -0.2) is 9.97 Å². The maximum absolute atomic E-state index is 12.4. The maximum atomic E-state index is 12.4. The summed E-state index contributed by atoms with van der Waals surface area (Å²) in [6.07, 6.45) is 2.93. The van der Waals surface area contributed by atoms with Crippen molar-refractivity contribution in [2.24, 2.45) is 0 Å². The SMILES string of the molecule is CC(=O)c1cccc(NC(=O)c2cnc(Nc3cc(C)ccc3C)nc2)c1. The van der Waals surface area contributed by atoms with Crippen LogP contribution in [0.2, 0.25) is 0 Å². The van der Waals surface area contributed by atoms with Gasteiger partial charge >= 0.3 is 0 Å². The molecule has 0 saturated carbocycles. The van der Waals surface area contributed by atoms with Gasteiger partial charge in [-0.3, -0.25) is 9.59 Å². The molecule has 0 aliphatic rings. The van der Waals surface area contributed by atoms with Crippen molar-refractivity contribution < 1.29 is 9.59 Å². The van der Waals surface area contributed by atoms with E-state index < -0.39 is 0 Å². The molecule has 0 atom stereocenters. The first-order valence-corrected chi connectivity index (χ1v) is 8.51. The first-order valence-electron chi connectivity index (χ1n) is 8.51. The Bertz CT molecular complexity index is 997. The zero-order valence-corrected chi connectivity index (χ0v) is 15.4. The van der Waals surface area contributed by atoms with Crippen molar-refractivity contribution in [2.45, 2.75) is 20.8 Å². The van der Waals surface area contributed by atoms with Crippen LogP contribution in [0.25, 0.3) is 0 Å². The molecule has 0 fully saturated rings. The first kappa shape index (κ1) is 18.3. The molecule has 0 unspecified atom stereocenters. The van der Waals surface area contributed by atoms with Crippen molar-refractivity contribution >= 4 is 29.0 Å². The van der Waals surface area contributed by atoms with Gasteiger partial charge in [0.2, 0.25) is 5.95 Å². The van der Waals surface area contributed by atoms with Crippen molar-refractivity contribution in [2.75, 3.05) is 10.6 Å². The lowest BCUT2D eigenvalue weighted by Crippen LogP contribution is -2.13. The number of hydrogen-bond acceptors (Lipinski definition) is 5. The van der Waals surface area contributed by atoms with Crippen LogP contribution in [0.1, 0.15) is 38.8 Å². The molecule has 1 amide bonds. The third kappa shape index (κ3) is 4.55. The zero-order valence-electron chi connectivity index (χ0n) is 15.4. The number of carbonyl (C=O) groups is 2. The second-order valence-electron chi connectivity index (χ2n) is 6.33. The Morgan fingerprint density at radius 2 is 1.67 bits per heavy atom. The summed E-state index contributed by atoms with van der Waals surface area (Å²) in [7, 11) is 0.